The van der Waals surface area contributed by atoms with Crippen LogP contribution in [0.4, 0.5) is 0 Å². The number of nitrogens with zero attached hydrogens (tertiary/aromatic N) is 2. The second-order valence-electron chi connectivity index (χ2n) is 3.29. The van der Waals surface area contributed by atoms with Crippen LogP contribution in [0, 0.1) is 28.1 Å². The second kappa shape index (κ2) is 3.39. The highest BCUT2D eigenvalue weighted by Crippen LogP contribution is 2.38. The molecule has 11 heavy (non-hydrogen) atoms. The molecule has 0 saturated heterocycles. The summed E-state index contributed by atoms with van der Waals surface area (Å²) in [5.41, 5.74) is -0.285. The number of hydrogen-bond acceptors (Lipinski definition) is 2. The zero-order chi connectivity index (χ0) is 8.16. The van der Waals surface area contributed by atoms with Crippen LogP contribution in [-0.2, 0) is 0 Å². The first kappa shape index (κ1) is 8.08. The Labute approximate surface area is 67.4 Å². The van der Waals surface area contributed by atoms with Gasteiger partial charge in [0.1, 0.15) is 0 Å². The number of hydrogen-bond donors (Lipinski definition) is 0. The summed E-state index contributed by atoms with van der Waals surface area (Å²) in [4.78, 5) is 0. The Bertz CT molecular complexity index is 201. The van der Waals surface area contributed by atoms with Gasteiger partial charge in [-0.2, -0.15) is 10.5 Å². The van der Waals surface area contributed by atoms with Crippen LogP contribution in [0.15, 0.2) is 0 Å². The van der Waals surface area contributed by atoms with Gasteiger partial charge in [0.15, 0.2) is 0 Å². The molecule has 1 rings (SSSR count). The molecule has 0 radical (unpaired) electrons. The molecule has 1 saturated carbocycles. The highest BCUT2D eigenvalue weighted by Gasteiger charge is 2.31. The number of rotatable bonds is 1. The lowest BCUT2D eigenvalue weighted by atomic mass is 9.73. The minimum absolute atomic E-state index is 0.285. The lowest BCUT2D eigenvalue weighted by Gasteiger charge is -2.27. The maximum absolute atomic E-state index is 8.87. The summed E-state index contributed by atoms with van der Waals surface area (Å²) in [5, 5.41) is 17.4. The Morgan fingerprint density at radius 1 is 1.09 bits per heavy atom. The molecular weight excluding hydrogens is 136 g/mol. The van der Waals surface area contributed by atoms with Gasteiger partial charge in [-0.05, 0) is 12.8 Å². The summed E-state index contributed by atoms with van der Waals surface area (Å²) in [6, 6.07) is 4.40. The summed E-state index contributed by atoms with van der Waals surface area (Å²) in [5.74, 6) is 0. The second-order valence-corrected chi connectivity index (χ2v) is 3.29. The third-order valence-corrected chi connectivity index (χ3v) is 2.47. The molecule has 0 bridgehead atoms. The lowest BCUT2D eigenvalue weighted by molar-refractivity contribution is 0.273. The zero-order valence-corrected chi connectivity index (χ0v) is 6.64. The average molecular weight is 148 g/mol. The lowest BCUT2D eigenvalue weighted by Crippen LogP contribution is -2.21. The quantitative estimate of drug-likeness (QED) is 0.573. The van der Waals surface area contributed by atoms with Crippen LogP contribution in [0.3, 0.4) is 0 Å². The summed E-state index contributed by atoms with van der Waals surface area (Å²) in [6.07, 6.45) is 5.75. The summed E-state index contributed by atoms with van der Waals surface area (Å²) >= 11 is 0. The first-order chi connectivity index (χ1) is 5.33. The van der Waals surface area contributed by atoms with E-state index in [2.05, 4.69) is 12.1 Å². The van der Waals surface area contributed by atoms with Crippen molar-refractivity contribution in [3.63, 3.8) is 0 Å². The van der Waals surface area contributed by atoms with E-state index in [0.29, 0.717) is 6.42 Å². The largest absolute Gasteiger partial charge is 0.198 e. The van der Waals surface area contributed by atoms with E-state index in [1.807, 2.05) is 0 Å². The molecule has 0 atom stereocenters. The third kappa shape index (κ3) is 1.71. The van der Waals surface area contributed by atoms with Crippen LogP contribution < -0.4 is 0 Å². The highest BCUT2D eigenvalue weighted by atomic mass is 14.4. The van der Waals surface area contributed by atoms with Crippen molar-refractivity contribution in [1.29, 1.82) is 10.5 Å². The van der Waals surface area contributed by atoms with Gasteiger partial charge in [-0.25, -0.2) is 0 Å². The molecule has 1 fully saturated rings. The molecule has 2 heteroatoms. The fraction of sp³-hybridized carbons (Fsp3) is 0.778. The summed E-state index contributed by atoms with van der Waals surface area (Å²) in [6.45, 7) is 0. The maximum Gasteiger partial charge on any atom is 0.0703 e. The van der Waals surface area contributed by atoms with Crippen molar-refractivity contribution in [2.45, 2.75) is 38.5 Å². The Kier molecular flexibility index (Phi) is 2.49. The third-order valence-electron chi connectivity index (χ3n) is 2.47. The van der Waals surface area contributed by atoms with E-state index < -0.39 is 0 Å². The van der Waals surface area contributed by atoms with Crippen molar-refractivity contribution in [3.05, 3.63) is 0 Å². The van der Waals surface area contributed by atoms with Crippen molar-refractivity contribution in [2.24, 2.45) is 5.41 Å². The molecule has 0 unspecified atom stereocenters. The fourth-order valence-corrected chi connectivity index (χ4v) is 1.71. The minimum Gasteiger partial charge on any atom is -0.198 e. The van der Waals surface area contributed by atoms with Crippen molar-refractivity contribution in [1.82, 2.24) is 0 Å². The van der Waals surface area contributed by atoms with Crippen molar-refractivity contribution in [2.75, 3.05) is 0 Å². The van der Waals surface area contributed by atoms with E-state index >= 15 is 0 Å². The first-order valence-electron chi connectivity index (χ1n) is 4.11. The van der Waals surface area contributed by atoms with Crippen LogP contribution in [0.25, 0.3) is 0 Å². The van der Waals surface area contributed by atoms with Crippen molar-refractivity contribution < 1.29 is 0 Å². The van der Waals surface area contributed by atoms with Gasteiger partial charge in [-0.1, -0.05) is 19.3 Å². The van der Waals surface area contributed by atoms with Gasteiger partial charge < -0.3 is 0 Å². The topological polar surface area (TPSA) is 47.6 Å². The van der Waals surface area contributed by atoms with E-state index in [0.717, 1.165) is 25.7 Å². The molecule has 58 valence electrons. The zero-order valence-electron chi connectivity index (χ0n) is 6.64. The van der Waals surface area contributed by atoms with Crippen LogP contribution in [0.1, 0.15) is 38.5 Å². The Morgan fingerprint density at radius 3 is 2.18 bits per heavy atom. The molecule has 0 aromatic heterocycles. The van der Waals surface area contributed by atoms with Gasteiger partial charge in [0.05, 0.1) is 24.0 Å². The molecule has 0 N–H and O–H groups in total. The standard InChI is InChI=1S/C9H12N2/c10-7-6-9(8-11)4-2-1-3-5-9/h1-6H2. The van der Waals surface area contributed by atoms with Crippen LogP contribution in [0.2, 0.25) is 0 Å². The predicted octanol–water partition coefficient (Wildman–Crippen LogP) is 2.37. The molecule has 0 amide bonds. The molecule has 0 heterocycles. The average Bonchev–Trinajstić information content (AvgIpc) is 2.07. The van der Waals surface area contributed by atoms with Crippen molar-refractivity contribution >= 4 is 0 Å². The van der Waals surface area contributed by atoms with Gasteiger partial charge >= 0.3 is 0 Å². The summed E-state index contributed by atoms with van der Waals surface area (Å²) < 4.78 is 0. The Balaban J connectivity index is 2.60. The highest BCUT2D eigenvalue weighted by molar-refractivity contribution is 5.04. The SMILES string of the molecule is N#CCC1(C#N)CCCCC1. The molecule has 0 spiro atoms. The van der Waals surface area contributed by atoms with Gasteiger partial charge in [-0.15, -0.1) is 0 Å². The van der Waals surface area contributed by atoms with E-state index in [-0.39, 0.29) is 5.41 Å². The van der Waals surface area contributed by atoms with Crippen molar-refractivity contribution in [3.8, 4) is 12.1 Å². The van der Waals surface area contributed by atoms with E-state index in [1.54, 1.807) is 0 Å². The molecule has 0 aromatic rings. The maximum atomic E-state index is 8.87. The summed E-state index contributed by atoms with van der Waals surface area (Å²) in [7, 11) is 0. The predicted molar refractivity (Wildman–Crippen MR) is 41.4 cm³/mol. The smallest absolute Gasteiger partial charge is 0.0703 e. The first-order valence-corrected chi connectivity index (χ1v) is 4.11. The monoisotopic (exact) mass is 148 g/mol. The van der Waals surface area contributed by atoms with E-state index in [1.165, 1.54) is 6.42 Å². The molecule has 0 aliphatic heterocycles. The molecule has 1 aliphatic rings. The van der Waals surface area contributed by atoms with Gasteiger partial charge in [0, 0.05) is 0 Å². The fourth-order valence-electron chi connectivity index (χ4n) is 1.71. The molecule has 1 aliphatic carbocycles. The Hall–Kier alpha value is -1.02. The van der Waals surface area contributed by atoms with E-state index in [4.69, 9.17) is 10.5 Å². The van der Waals surface area contributed by atoms with Crippen LogP contribution in [-0.4, -0.2) is 0 Å². The van der Waals surface area contributed by atoms with E-state index in [9.17, 15) is 0 Å². The van der Waals surface area contributed by atoms with Gasteiger partial charge in [-0.3, -0.25) is 0 Å². The molecule has 2 nitrogen and oxygen atoms in total. The van der Waals surface area contributed by atoms with Crippen LogP contribution >= 0.6 is 0 Å². The number of nitriles is 2. The minimum atomic E-state index is -0.285. The van der Waals surface area contributed by atoms with Crippen LogP contribution in [0.5, 0.6) is 0 Å². The normalized spacial score (nSPS) is 21.6. The Morgan fingerprint density at radius 2 is 1.73 bits per heavy atom. The van der Waals surface area contributed by atoms with Gasteiger partial charge in [0.25, 0.3) is 0 Å². The van der Waals surface area contributed by atoms with Gasteiger partial charge in [0.2, 0.25) is 0 Å². The molecular formula is C9H12N2. The molecule has 0 aromatic carbocycles.